The molecule has 26 heavy (non-hydrogen) atoms. The topological polar surface area (TPSA) is 70.7 Å². The molecule has 2 aromatic carbocycles. The third kappa shape index (κ3) is 4.83. The van der Waals surface area contributed by atoms with Crippen molar-refractivity contribution in [3.63, 3.8) is 0 Å². The largest absolute Gasteiger partial charge is 0.378 e. The van der Waals surface area contributed by atoms with Gasteiger partial charge in [-0.15, -0.1) is 0 Å². The average molecular weight is 353 g/mol. The van der Waals surface area contributed by atoms with Crippen LogP contribution in [0, 0.1) is 0 Å². The van der Waals surface area contributed by atoms with E-state index in [9.17, 15) is 9.59 Å². The summed E-state index contributed by atoms with van der Waals surface area (Å²) in [5, 5.41) is 5.73. The van der Waals surface area contributed by atoms with Crippen molar-refractivity contribution in [1.29, 1.82) is 0 Å². The monoisotopic (exact) mass is 353 g/mol. The van der Waals surface area contributed by atoms with Gasteiger partial charge in [-0.05, 0) is 29.8 Å². The first-order valence-corrected chi connectivity index (χ1v) is 8.70. The van der Waals surface area contributed by atoms with E-state index < -0.39 is 0 Å². The van der Waals surface area contributed by atoms with Crippen LogP contribution in [0.1, 0.15) is 12.5 Å². The highest BCUT2D eigenvalue weighted by Gasteiger charge is 2.15. The minimum atomic E-state index is -0.116. The van der Waals surface area contributed by atoms with Crippen LogP contribution in [0.15, 0.2) is 48.5 Å². The first-order valence-electron chi connectivity index (χ1n) is 8.70. The summed E-state index contributed by atoms with van der Waals surface area (Å²) in [5.74, 6) is -0.187. The molecule has 2 N–H and O–H groups in total. The number of carbonyl (C=O) groups excluding carboxylic acids is 2. The van der Waals surface area contributed by atoms with Gasteiger partial charge in [-0.2, -0.15) is 0 Å². The van der Waals surface area contributed by atoms with Gasteiger partial charge in [0.1, 0.15) is 0 Å². The van der Waals surface area contributed by atoms with Crippen molar-refractivity contribution in [3.05, 3.63) is 54.1 Å². The molecule has 1 heterocycles. The third-order valence-electron chi connectivity index (χ3n) is 4.17. The quantitative estimate of drug-likeness (QED) is 0.867. The summed E-state index contributed by atoms with van der Waals surface area (Å²) < 4.78 is 5.40. The molecule has 1 fully saturated rings. The molecule has 1 saturated heterocycles. The Bertz CT molecular complexity index is 768. The van der Waals surface area contributed by atoms with Crippen molar-refractivity contribution >= 4 is 28.9 Å². The number of hydrogen-bond donors (Lipinski definition) is 2. The number of morpholine rings is 1. The average Bonchev–Trinajstić information content (AvgIpc) is 2.64. The lowest BCUT2D eigenvalue weighted by Gasteiger charge is -2.30. The van der Waals surface area contributed by atoms with Crippen molar-refractivity contribution in [2.45, 2.75) is 13.3 Å². The number of hydrogen-bond acceptors (Lipinski definition) is 4. The zero-order chi connectivity index (χ0) is 18.4. The molecule has 0 spiro atoms. The molecule has 0 radical (unpaired) electrons. The van der Waals surface area contributed by atoms with E-state index in [4.69, 9.17) is 4.74 Å². The molecule has 3 rings (SSSR count). The van der Waals surface area contributed by atoms with Crippen molar-refractivity contribution < 1.29 is 14.3 Å². The van der Waals surface area contributed by atoms with Crippen LogP contribution in [-0.2, 0) is 20.7 Å². The number of amides is 2. The summed E-state index contributed by atoms with van der Waals surface area (Å²) in [6, 6.07) is 15.1. The zero-order valence-electron chi connectivity index (χ0n) is 14.8. The van der Waals surface area contributed by atoms with Gasteiger partial charge in [0.05, 0.1) is 31.0 Å². The Labute approximate surface area is 153 Å². The Morgan fingerprint density at radius 2 is 1.69 bits per heavy atom. The number of para-hydroxylation sites is 2. The molecule has 6 heteroatoms. The fraction of sp³-hybridized carbons (Fsp3) is 0.300. The molecule has 0 saturated carbocycles. The molecule has 136 valence electrons. The molecule has 0 unspecified atom stereocenters. The van der Waals surface area contributed by atoms with Gasteiger partial charge in [0.25, 0.3) is 0 Å². The van der Waals surface area contributed by atoms with Gasteiger partial charge in [-0.3, -0.25) is 9.59 Å². The summed E-state index contributed by atoms with van der Waals surface area (Å²) in [6.45, 7) is 4.49. The van der Waals surface area contributed by atoms with Gasteiger partial charge in [-0.25, -0.2) is 0 Å². The molecular formula is C20H23N3O3. The Morgan fingerprint density at radius 3 is 2.38 bits per heavy atom. The first kappa shape index (κ1) is 17.9. The highest BCUT2D eigenvalue weighted by molar-refractivity contribution is 5.95. The fourth-order valence-corrected chi connectivity index (χ4v) is 2.95. The molecule has 0 aliphatic carbocycles. The van der Waals surface area contributed by atoms with Crippen LogP contribution >= 0.6 is 0 Å². The molecule has 0 bridgehead atoms. The van der Waals surface area contributed by atoms with Crippen LogP contribution in [0.5, 0.6) is 0 Å². The van der Waals surface area contributed by atoms with E-state index in [0.717, 1.165) is 35.7 Å². The predicted molar refractivity (Wildman–Crippen MR) is 103 cm³/mol. The van der Waals surface area contributed by atoms with E-state index >= 15 is 0 Å². The second-order valence-electron chi connectivity index (χ2n) is 6.22. The molecule has 0 atom stereocenters. The van der Waals surface area contributed by atoms with Crippen LogP contribution in [0.25, 0.3) is 0 Å². The van der Waals surface area contributed by atoms with Crippen LogP contribution in [0.3, 0.4) is 0 Å². The van der Waals surface area contributed by atoms with Crippen molar-refractivity contribution in [2.24, 2.45) is 0 Å². The lowest BCUT2D eigenvalue weighted by molar-refractivity contribution is -0.116. The second kappa shape index (κ2) is 8.49. The molecule has 0 aromatic heterocycles. The maximum atomic E-state index is 12.5. The van der Waals surface area contributed by atoms with Gasteiger partial charge in [0.15, 0.2) is 0 Å². The van der Waals surface area contributed by atoms with E-state index in [1.807, 2.05) is 36.4 Å². The van der Waals surface area contributed by atoms with Crippen LogP contribution in [0.4, 0.5) is 17.1 Å². The van der Waals surface area contributed by atoms with Crippen molar-refractivity contribution in [1.82, 2.24) is 0 Å². The minimum absolute atomic E-state index is 0.0713. The van der Waals surface area contributed by atoms with E-state index in [0.29, 0.717) is 13.2 Å². The molecule has 2 aromatic rings. The summed E-state index contributed by atoms with van der Waals surface area (Å²) in [4.78, 5) is 25.7. The highest BCUT2D eigenvalue weighted by atomic mass is 16.5. The number of nitrogens with zero attached hydrogens (tertiary/aromatic N) is 1. The van der Waals surface area contributed by atoms with Gasteiger partial charge in [0, 0.05) is 25.7 Å². The lowest BCUT2D eigenvalue weighted by Crippen LogP contribution is -2.36. The number of carbonyl (C=O) groups is 2. The maximum absolute atomic E-state index is 12.5. The highest BCUT2D eigenvalue weighted by Crippen LogP contribution is 2.26. The minimum Gasteiger partial charge on any atom is -0.378 e. The van der Waals surface area contributed by atoms with Crippen molar-refractivity contribution in [3.8, 4) is 0 Å². The number of anilines is 3. The van der Waals surface area contributed by atoms with Gasteiger partial charge in [-0.1, -0.05) is 24.3 Å². The first-order chi connectivity index (χ1) is 12.6. The molecule has 1 aliphatic rings. The van der Waals surface area contributed by atoms with E-state index in [1.54, 1.807) is 12.1 Å². The predicted octanol–water partition coefficient (Wildman–Crippen LogP) is 2.66. The van der Waals surface area contributed by atoms with Crippen molar-refractivity contribution in [2.75, 3.05) is 41.8 Å². The number of nitrogens with one attached hydrogen (secondary N) is 2. The molecule has 6 nitrogen and oxygen atoms in total. The Hall–Kier alpha value is -2.86. The van der Waals surface area contributed by atoms with Gasteiger partial charge in [0.2, 0.25) is 11.8 Å². The SMILES string of the molecule is CC(=O)Nc1ccc(CC(=O)Nc2ccccc2N2CCOCC2)cc1. The van der Waals surface area contributed by atoms with Crippen LogP contribution in [-0.4, -0.2) is 38.1 Å². The van der Waals surface area contributed by atoms with Gasteiger partial charge < -0.3 is 20.3 Å². The molecular weight excluding hydrogens is 330 g/mol. The Kier molecular flexibility index (Phi) is 5.86. The van der Waals surface area contributed by atoms with E-state index in [-0.39, 0.29) is 18.2 Å². The zero-order valence-corrected chi connectivity index (χ0v) is 14.8. The maximum Gasteiger partial charge on any atom is 0.228 e. The summed E-state index contributed by atoms with van der Waals surface area (Å²) in [5.41, 5.74) is 3.44. The summed E-state index contributed by atoms with van der Waals surface area (Å²) in [7, 11) is 0. The van der Waals surface area contributed by atoms with Gasteiger partial charge >= 0.3 is 0 Å². The smallest absolute Gasteiger partial charge is 0.228 e. The lowest BCUT2D eigenvalue weighted by atomic mass is 10.1. The summed E-state index contributed by atoms with van der Waals surface area (Å²) >= 11 is 0. The number of rotatable bonds is 5. The molecule has 2 amide bonds. The summed E-state index contributed by atoms with van der Waals surface area (Å²) in [6.07, 6.45) is 0.276. The third-order valence-corrected chi connectivity index (χ3v) is 4.17. The van der Waals surface area contributed by atoms with Crippen LogP contribution < -0.4 is 15.5 Å². The number of benzene rings is 2. The normalized spacial score (nSPS) is 14.0. The molecule has 1 aliphatic heterocycles. The fourth-order valence-electron chi connectivity index (χ4n) is 2.95. The Morgan fingerprint density at radius 1 is 1.00 bits per heavy atom. The van der Waals surface area contributed by atoms with E-state index in [1.165, 1.54) is 6.92 Å². The van der Waals surface area contributed by atoms with Crippen LogP contribution in [0.2, 0.25) is 0 Å². The second-order valence-corrected chi connectivity index (χ2v) is 6.22. The van der Waals surface area contributed by atoms with E-state index in [2.05, 4.69) is 15.5 Å². The standard InChI is InChI=1S/C20H23N3O3/c1-15(24)21-17-8-6-16(7-9-17)14-20(25)22-18-4-2-3-5-19(18)23-10-12-26-13-11-23/h2-9H,10-14H2,1H3,(H,21,24)(H,22,25). The Balaban J connectivity index is 1.64. The number of ether oxygens (including phenoxy) is 1.